The smallest absolute Gasteiger partial charge is 0.306 e. The summed E-state index contributed by atoms with van der Waals surface area (Å²) in [6, 6.07) is -0.699. The second-order valence-electron chi connectivity index (χ2n) is 15.8. The van der Waals surface area contributed by atoms with Gasteiger partial charge in [-0.25, -0.2) is 0 Å². The predicted octanol–water partition coefficient (Wildman–Crippen LogP) is 13.2. The van der Waals surface area contributed by atoms with Gasteiger partial charge in [0.05, 0.1) is 25.2 Å². The molecule has 0 saturated carbocycles. The van der Waals surface area contributed by atoms with Gasteiger partial charge in [-0.2, -0.15) is 0 Å². The first kappa shape index (κ1) is 51.3. The maximum Gasteiger partial charge on any atom is 0.306 e. The first-order valence-electron chi connectivity index (χ1n) is 23.1. The van der Waals surface area contributed by atoms with Crippen LogP contribution in [0.25, 0.3) is 0 Å². The lowest BCUT2D eigenvalue weighted by Gasteiger charge is -2.24. The van der Waals surface area contributed by atoms with E-state index in [-0.39, 0.29) is 24.9 Å². The van der Waals surface area contributed by atoms with Gasteiger partial charge < -0.3 is 20.3 Å². The van der Waals surface area contributed by atoms with Crippen molar-refractivity contribution in [2.24, 2.45) is 0 Å². The Morgan fingerprint density at radius 2 is 0.943 bits per heavy atom. The van der Waals surface area contributed by atoms with E-state index in [2.05, 4.69) is 50.4 Å². The van der Waals surface area contributed by atoms with Crippen molar-refractivity contribution in [1.29, 1.82) is 0 Å². The summed E-state index contributed by atoms with van der Waals surface area (Å²) in [7, 11) is 0. The van der Waals surface area contributed by atoms with Gasteiger partial charge in [-0.05, 0) is 51.4 Å². The lowest BCUT2D eigenvalue weighted by Crippen LogP contribution is -2.46. The van der Waals surface area contributed by atoms with Gasteiger partial charge in [0.1, 0.15) is 6.10 Å². The van der Waals surface area contributed by atoms with E-state index in [9.17, 15) is 19.8 Å². The van der Waals surface area contributed by atoms with Crippen LogP contribution in [0.15, 0.2) is 24.3 Å². The Bertz CT molecular complexity index is 843. The molecule has 0 aromatic rings. The average Bonchev–Trinajstić information content (AvgIpc) is 3.15. The molecular formula is C47H89NO5. The van der Waals surface area contributed by atoms with Crippen LogP contribution in [-0.4, -0.2) is 46.9 Å². The molecule has 0 radical (unpaired) electrons. The number of nitrogens with one attached hydrogen (secondary N) is 1. The highest BCUT2D eigenvalue weighted by molar-refractivity contribution is 5.77. The molecule has 0 bridgehead atoms. The topological polar surface area (TPSA) is 95.9 Å². The van der Waals surface area contributed by atoms with Crippen molar-refractivity contribution in [3.05, 3.63) is 24.3 Å². The molecule has 0 aromatic heterocycles. The fraction of sp³-hybridized carbons (Fsp3) is 0.872. The number of carbonyl (C=O) groups is 2. The molecule has 3 N–H and O–H groups in total. The molecular weight excluding hydrogens is 659 g/mol. The minimum Gasteiger partial charge on any atom is -0.462 e. The Hall–Kier alpha value is -1.66. The average molecular weight is 748 g/mol. The normalized spacial score (nSPS) is 13.5. The number of aliphatic hydroxyl groups is 2. The van der Waals surface area contributed by atoms with Gasteiger partial charge in [0, 0.05) is 6.42 Å². The van der Waals surface area contributed by atoms with E-state index in [0.717, 1.165) is 64.2 Å². The number of carbonyl (C=O) groups excluding carboxylic acids is 2. The van der Waals surface area contributed by atoms with Crippen molar-refractivity contribution < 1.29 is 24.5 Å². The summed E-state index contributed by atoms with van der Waals surface area (Å²) < 4.78 is 5.88. The van der Waals surface area contributed by atoms with Gasteiger partial charge >= 0.3 is 5.97 Å². The number of rotatable bonds is 41. The van der Waals surface area contributed by atoms with E-state index in [1.807, 2.05) is 0 Å². The lowest BCUT2D eigenvalue weighted by atomic mass is 10.0. The van der Waals surface area contributed by atoms with Crippen molar-refractivity contribution in [2.45, 2.75) is 257 Å². The molecule has 0 fully saturated rings. The Morgan fingerprint density at radius 1 is 0.547 bits per heavy atom. The number of allylic oxidation sites excluding steroid dienone is 4. The lowest BCUT2D eigenvalue weighted by molar-refractivity contribution is -0.151. The van der Waals surface area contributed by atoms with E-state index >= 15 is 0 Å². The number of aliphatic hydroxyl groups excluding tert-OH is 2. The molecule has 0 rings (SSSR count). The molecule has 1 amide bonds. The highest BCUT2D eigenvalue weighted by Crippen LogP contribution is 2.17. The predicted molar refractivity (Wildman–Crippen MR) is 227 cm³/mol. The molecule has 0 spiro atoms. The van der Waals surface area contributed by atoms with Crippen molar-refractivity contribution in [1.82, 2.24) is 5.32 Å². The largest absolute Gasteiger partial charge is 0.462 e. The highest BCUT2D eigenvalue weighted by Gasteiger charge is 2.24. The zero-order valence-corrected chi connectivity index (χ0v) is 35.4. The van der Waals surface area contributed by atoms with Crippen molar-refractivity contribution >= 4 is 11.9 Å². The molecule has 312 valence electrons. The molecule has 53 heavy (non-hydrogen) atoms. The van der Waals surface area contributed by atoms with E-state index in [1.165, 1.54) is 128 Å². The number of esters is 1. The first-order chi connectivity index (χ1) is 26.0. The maximum absolute atomic E-state index is 13.1. The molecule has 3 unspecified atom stereocenters. The molecule has 0 aliphatic carbocycles. The van der Waals surface area contributed by atoms with Crippen LogP contribution in [-0.2, 0) is 14.3 Å². The molecule has 0 aliphatic rings. The van der Waals surface area contributed by atoms with Crippen LogP contribution in [0.2, 0.25) is 0 Å². The van der Waals surface area contributed by atoms with Crippen molar-refractivity contribution in [2.75, 3.05) is 6.61 Å². The standard InChI is InChI=1S/C47H89NO5/c1-4-7-10-13-16-19-20-21-22-23-24-25-28-31-34-37-40-47(52)53-43(38-35-32-29-26-17-14-11-8-5-2)41-46(51)48-44(42-49)45(50)39-36-33-30-27-18-15-12-9-6-3/h22-25,43-45,49-50H,4-21,26-42H2,1-3H3,(H,48,51)/b23-22+,25-24+. The molecule has 0 aliphatic heterocycles. The second-order valence-corrected chi connectivity index (χ2v) is 15.8. The summed E-state index contributed by atoms with van der Waals surface area (Å²) in [5, 5.41) is 23.5. The van der Waals surface area contributed by atoms with Crippen LogP contribution < -0.4 is 5.32 Å². The number of hydrogen-bond acceptors (Lipinski definition) is 5. The number of hydrogen-bond donors (Lipinski definition) is 3. The van der Waals surface area contributed by atoms with E-state index in [1.54, 1.807) is 0 Å². The summed E-state index contributed by atoms with van der Waals surface area (Å²) >= 11 is 0. The zero-order valence-electron chi connectivity index (χ0n) is 35.4. The van der Waals surface area contributed by atoms with Crippen LogP contribution in [0.3, 0.4) is 0 Å². The summed E-state index contributed by atoms with van der Waals surface area (Å²) in [5.74, 6) is -0.501. The molecule has 0 aromatic carbocycles. The van der Waals surface area contributed by atoms with Crippen molar-refractivity contribution in [3.8, 4) is 0 Å². The minimum absolute atomic E-state index is 0.0707. The molecule has 6 nitrogen and oxygen atoms in total. The summed E-state index contributed by atoms with van der Waals surface area (Å²) in [4.78, 5) is 25.9. The van der Waals surface area contributed by atoms with E-state index in [0.29, 0.717) is 19.3 Å². The highest BCUT2D eigenvalue weighted by atomic mass is 16.5. The Kier molecular flexibility index (Phi) is 40.2. The summed E-state index contributed by atoms with van der Waals surface area (Å²) in [6.45, 7) is 6.43. The SMILES string of the molecule is CCCCCCCCC/C=C/C=C/CCCCCC(=O)OC(CCCCCCCCCCC)CC(=O)NC(CO)C(O)CCCCCCCCCCC. The molecule has 0 heterocycles. The van der Waals surface area contributed by atoms with Crippen LogP contribution in [0, 0.1) is 0 Å². The zero-order chi connectivity index (χ0) is 38.9. The Morgan fingerprint density at radius 3 is 1.40 bits per heavy atom. The monoisotopic (exact) mass is 748 g/mol. The number of unbranched alkanes of at least 4 members (excludes halogenated alkanes) is 26. The van der Waals surface area contributed by atoms with Crippen LogP contribution >= 0.6 is 0 Å². The fourth-order valence-corrected chi connectivity index (χ4v) is 7.01. The number of amides is 1. The second kappa shape index (κ2) is 41.5. The van der Waals surface area contributed by atoms with E-state index < -0.39 is 18.2 Å². The third-order valence-corrected chi connectivity index (χ3v) is 10.6. The molecule has 6 heteroatoms. The van der Waals surface area contributed by atoms with Crippen LogP contribution in [0.4, 0.5) is 0 Å². The summed E-state index contributed by atoms with van der Waals surface area (Å²) in [6.07, 6.45) is 45.3. The Labute approximate surface area is 329 Å². The molecule has 0 saturated heterocycles. The Balaban J connectivity index is 4.54. The number of ether oxygens (including phenoxy) is 1. The maximum atomic E-state index is 13.1. The minimum atomic E-state index is -0.785. The first-order valence-corrected chi connectivity index (χ1v) is 23.1. The van der Waals surface area contributed by atoms with Gasteiger partial charge in [0.2, 0.25) is 5.91 Å². The van der Waals surface area contributed by atoms with Crippen LogP contribution in [0.1, 0.15) is 239 Å². The van der Waals surface area contributed by atoms with E-state index in [4.69, 9.17) is 4.74 Å². The van der Waals surface area contributed by atoms with Crippen molar-refractivity contribution in [3.63, 3.8) is 0 Å². The van der Waals surface area contributed by atoms with Gasteiger partial charge in [-0.3, -0.25) is 9.59 Å². The third kappa shape index (κ3) is 37.1. The van der Waals surface area contributed by atoms with Gasteiger partial charge in [0.15, 0.2) is 0 Å². The van der Waals surface area contributed by atoms with Gasteiger partial charge in [-0.15, -0.1) is 0 Å². The van der Waals surface area contributed by atoms with Crippen LogP contribution in [0.5, 0.6) is 0 Å². The fourth-order valence-electron chi connectivity index (χ4n) is 7.01. The summed E-state index contributed by atoms with van der Waals surface area (Å²) in [5.41, 5.74) is 0. The van der Waals surface area contributed by atoms with Gasteiger partial charge in [0.25, 0.3) is 0 Å². The third-order valence-electron chi connectivity index (χ3n) is 10.6. The van der Waals surface area contributed by atoms with Gasteiger partial charge in [-0.1, -0.05) is 199 Å². The quantitative estimate of drug-likeness (QED) is 0.0329. The molecule has 3 atom stereocenters.